The van der Waals surface area contributed by atoms with Gasteiger partial charge in [0.2, 0.25) is 5.95 Å². The lowest BCUT2D eigenvalue weighted by Gasteiger charge is -2.34. The summed E-state index contributed by atoms with van der Waals surface area (Å²) in [7, 11) is 0. The monoisotopic (exact) mass is 357 g/mol. The number of aromatic nitrogens is 2. The van der Waals surface area contributed by atoms with E-state index in [-0.39, 0.29) is 11.8 Å². The van der Waals surface area contributed by atoms with Crippen LogP contribution in [-0.4, -0.2) is 70.9 Å². The van der Waals surface area contributed by atoms with Crippen LogP contribution in [0.5, 0.6) is 0 Å². The molecule has 26 heavy (non-hydrogen) atoms. The van der Waals surface area contributed by atoms with Crippen LogP contribution >= 0.6 is 0 Å². The molecule has 0 aromatic carbocycles. The lowest BCUT2D eigenvalue weighted by molar-refractivity contribution is 0.0517. The molecule has 0 spiro atoms. The SMILES string of the molecule is CCN(CC)c1ncc(C(=O)N2CCN(C(=O)c3ccco3)CC2)cn1. The largest absolute Gasteiger partial charge is 0.459 e. The summed E-state index contributed by atoms with van der Waals surface area (Å²) in [5, 5.41) is 0. The van der Waals surface area contributed by atoms with Crippen molar-refractivity contribution in [3.05, 3.63) is 42.1 Å². The smallest absolute Gasteiger partial charge is 0.289 e. The van der Waals surface area contributed by atoms with Gasteiger partial charge in [0, 0.05) is 51.7 Å². The molecular formula is C18H23N5O3. The average molecular weight is 357 g/mol. The minimum atomic E-state index is -0.144. The molecule has 1 aliphatic rings. The average Bonchev–Trinajstić information content (AvgIpc) is 3.23. The molecule has 3 rings (SSSR count). The van der Waals surface area contributed by atoms with Crippen molar-refractivity contribution >= 4 is 17.8 Å². The zero-order chi connectivity index (χ0) is 18.5. The maximum atomic E-state index is 12.6. The summed E-state index contributed by atoms with van der Waals surface area (Å²) in [5.74, 6) is 0.695. The fraction of sp³-hybridized carbons (Fsp3) is 0.444. The van der Waals surface area contributed by atoms with Gasteiger partial charge in [0.25, 0.3) is 11.8 Å². The quantitative estimate of drug-likeness (QED) is 0.807. The molecule has 2 aromatic heterocycles. The zero-order valence-corrected chi connectivity index (χ0v) is 15.1. The van der Waals surface area contributed by atoms with Gasteiger partial charge in [-0.15, -0.1) is 0 Å². The lowest BCUT2D eigenvalue weighted by Crippen LogP contribution is -2.50. The highest BCUT2D eigenvalue weighted by Gasteiger charge is 2.27. The minimum Gasteiger partial charge on any atom is -0.459 e. The molecule has 1 aliphatic heterocycles. The topological polar surface area (TPSA) is 82.8 Å². The van der Waals surface area contributed by atoms with Crippen LogP contribution in [-0.2, 0) is 0 Å². The number of rotatable bonds is 5. The van der Waals surface area contributed by atoms with Gasteiger partial charge < -0.3 is 19.1 Å². The predicted molar refractivity (Wildman–Crippen MR) is 96.1 cm³/mol. The third-order valence-corrected chi connectivity index (χ3v) is 4.52. The fourth-order valence-corrected chi connectivity index (χ4v) is 2.95. The van der Waals surface area contributed by atoms with Crippen LogP contribution in [0.3, 0.4) is 0 Å². The second kappa shape index (κ2) is 7.99. The third-order valence-electron chi connectivity index (χ3n) is 4.52. The molecule has 0 bridgehead atoms. The normalized spacial score (nSPS) is 14.4. The van der Waals surface area contributed by atoms with E-state index in [4.69, 9.17) is 4.42 Å². The van der Waals surface area contributed by atoms with Gasteiger partial charge in [-0.2, -0.15) is 0 Å². The van der Waals surface area contributed by atoms with Crippen molar-refractivity contribution in [3.63, 3.8) is 0 Å². The second-order valence-electron chi connectivity index (χ2n) is 6.01. The van der Waals surface area contributed by atoms with Gasteiger partial charge in [-0.3, -0.25) is 9.59 Å². The molecule has 0 atom stereocenters. The number of furan rings is 1. The number of anilines is 1. The highest BCUT2D eigenvalue weighted by atomic mass is 16.3. The Morgan fingerprint density at radius 1 is 1.04 bits per heavy atom. The van der Waals surface area contributed by atoms with Crippen molar-refractivity contribution in [1.82, 2.24) is 19.8 Å². The highest BCUT2D eigenvalue weighted by Crippen LogP contribution is 2.13. The van der Waals surface area contributed by atoms with Crippen LogP contribution in [0.2, 0.25) is 0 Å². The van der Waals surface area contributed by atoms with Gasteiger partial charge in [0.05, 0.1) is 11.8 Å². The summed E-state index contributed by atoms with van der Waals surface area (Å²) < 4.78 is 5.15. The Kier molecular flexibility index (Phi) is 5.50. The molecule has 0 saturated carbocycles. The van der Waals surface area contributed by atoms with Crippen molar-refractivity contribution in [1.29, 1.82) is 0 Å². The summed E-state index contributed by atoms with van der Waals surface area (Å²) in [6, 6.07) is 3.34. The molecule has 8 heteroatoms. The fourth-order valence-electron chi connectivity index (χ4n) is 2.95. The number of hydrogen-bond acceptors (Lipinski definition) is 6. The summed E-state index contributed by atoms with van der Waals surface area (Å²) >= 11 is 0. The van der Waals surface area contributed by atoms with Crippen molar-refractivity contribution in [3.8, 4) is 0 Å². The van der Waals surface area contributed by atoms with Gasteiger partial charge in [0.15, 0.2) is 5.76 Å². The van der Waals surface area contributed by atoms with E-state index in [1.807, 2.05) is 18.7 Å². The van der Waals surface area contributed by atoms with E-state index in [0.29, 0.717) is 43.5 Å². The van der Waals surface area contributed by atoms with Gasteiger partial charge in [-0.1, -0.05) is 0 Å². The number of amides is 2. The Morgan fingerprint density at radius 3 is 2.12 bits per heavy atom. The summed E-state index contributed by atoms with van der Waals surface area (Å²) in [6.07, 6.45) is 4.63. The minimum absolute atomic E-state index is 0.110. The van der Waals surface area contributed by atoms with Crippen LogP contribution < -0.4 is 4.90 Å². The van der Waals surface area contributed by atoms with Gasteiger partial charge >= 0.3 is 0 Å². The lowest BCUT2D eigenvalue weighted by atomic mass is 10.2. The number of nitrogens with zero attached hydrogens (tertiary/aromatic N) is 5. The van der Waals surface area contributed by atoms with Crippen molar-refractivity contribution < 1.29 is 14.0 Å². The molecule has 0 radical (unpaired) electrons. The predicted octanol–water partition coefficient (Wildman–Crippen LogP) is 1.51. The van der Waals surface area contributed by atoms with E-state index in [1.165, 1.54) is 6.26 Å². The second-order valence-corrected chi connectivity index (χ2v) is 6.01. The van der Waals surface area contributed by atoms with Crippen molar-refractivity contribution in [2.75, 3.05) is 44.2 Å². The molecule has 0 N–H and O–H groups in total. The van der Waals surface area contributed by atoms with E-state index in [9.17, 15) is 9.59 Å². The van der Waals surface area contributed by atoms with Crippen LogP contribution in [0.4, 0.5) is 5.95 Å². The Balaban J connectivity index is 1.59. The molecule has 138 valence electrons. The number of piperazine rings is 1. The number of carbonyl (C=O) groups excluding carboxylic acids is 2. The molecule has 0 aliphatic carbocycles. The first kappa shape index (κ1) is 17.9. The summed E-state index contributed by atoms with van der Waals surface area (Å²) in [4.78, 5) is 39.0. The molecule has 1 fully saturated rings. The summed E-state index contributed by atoms with van der Waals surface area (Å²) in [5.41, 5.74) is 0.465. The molecule has 2 aromatic rings. The third kappa shape index (κ3) is 3.68. The molecule has 3 heterocycles. The molecule has 8 nitrogen and oxygen atoms in total. The number of hydrogen-bond donors (Lipinski definition) is 0. The Bertz CT molecular complexity index is 733. The van der Waals surface area contributed by atoms with E-state index in [0.717, 1.165) is 13.1 Å². The van der Waals surface area contributed by atoms with Gasteiger partial charge in [-0.25, -0.2) is 9.97 Å². The Labute approximate surface area is 152 Å². The maximum absolute atomic E-state index is 12.6. The maximum Gasteiger partial charge on any atom is 0.289 e. The van der Waals surface area contributed by atoms with Crippen LogP contribution in [0.1, 0.15) is 34.8 Å². The van der Waals surface area contributed by atoms with Crippen molar-refractivity contribution in [2.45, 2.75) is 13.8 Å². The van der Waals surface area contributed by atoms with E-state index in [1.54, 1.807) is 34.3 Å². The Morgan fingerprint density at radius 2 is 1.62 bits per heavy atom. The standard InChI is InChI=1S/C18H23N5O3/c1-3-21(4-2)18-19-12-14(13-20-18)16(24)22-7-9-23(10-8-22)17(25)15-6-5-11-26-15/h5-6,11-13H,3-4,7-10H2,1-2H3. The van der Waals surface area contributed by atoms with E-state index >= 15 is 0 Å². The molecular weight excluding hydrogens is 334 g/mol. The first-order chi connectivity index (χ1) is 12.6. The molecule has 1 saturated heterocycles. The number of carbonyl (C=O) groups is 2. The molecule has 0 unspecified atom stereocenters. The van der Waals surface area contributed by atoms with E-state index < -0.39 is 0 Å². The first-order valence-corrected chi connectivity index (χ1v) is 8.83. The van der Waals surface area contributed by atoms with Crippen molar-refractivity contribution in [2.24, 2.45) is 0 Å². The first-order valence-electron chi connectivity index (χ1n) is 8.83. The van der Waals surface area contributed by atoms with E-state index in [2.05, 4.69) is 9.97 Å². The highest BCUT2D eigenvalue weighted by molar-refractivity contribution is 5.94. The van der Waals surface area contributed by atoms with Gasteiger partial charge in [0.1, 0.15) is 0 Å². The summed E-state index contributed by atoms with van der Waals surface area (Å²) in [6.45, 7) is 7.61. The Hall–Kier alpha value is -2.90. The van der Waals surface area contributed by atoms with Gasteiger partial charge in [-0.05, 0) is 26.0 Å². The molecule has 2 amide bonds. The van der Waals surface area contributed by atoms with Crippen LogP contribution in [0, 0.1) is 0 Å². The van der Waals surface area contributed by atoms with Crippen LogP contribution in [0.15, 0.2) is 35.2 Å². The van der Waals surface area contributed by atoms with Crippen LogP contribution in [0.25, 0.3) is 0 Å². The zero-order valence-electron chi connectivity index (χ0n) is 15.1.